The number of benzene rings is 1. The van der Waals surface area contributed by atoms with Gasteiger partial charge in [-0.05, 0) is 31.4 Å². The summed E-state index contributed by atoms with van der Waals surface area (Å²) >= 11 is 0. The molecular weight excluding hydrogens is 225 g/mol. The van der Waals surface area contributed by atoms with Crippen LogP contribution in [0.4, 0.5) is 4.39 Å². The topological polar surface area (TPSA) is 69.6 Å². The number of hydrogen-bond donors (Lipinski definition) is 3. The number of carbonyl (C=O) groups is 1. The number of halogens is 1. The van der Waals surface area contributed by atoms with Crippen LogP contribution in [0.15, 0.2) is 18.2 Å². The molecule has 0 heterocycles. The van der Waals surface area contributed by atoms with Gasteiger partial charge >= 0.3 is 0 Å². The first-order valence-corrected chi connectivity index (χ1v) is 5.50. The molecule has 1 aromatic rings. The second-order valence-electron chi connectivity index (χ2n) is 4.39. The molecule has 3 N–H and O–H groups in total. The van der Waals surface area contributed by atoms with Crippen molar-refractivity contribution < 1.29 is 19.4 Å². The highest BCUT2D eigenvalue weighted by molar-refractivity contribution is 5.97. The number of rotatable bonds is 3. The van der Waals surface area contributed by atoms with Gasteiger partial charge in [-0.3, -0.25) is 4.79 Å². The number of phenolic OH excluding ortho intramolecular Hbond substituents is 1. The molecule has 0 saturated heterocycles. The zero-order valence-electron chi connectivity index (χ0n) is 9.24. The number of hydrogen-bond acceptors (Lipinski definition) is 3. The fourth-order valence-electron chi connectivity index (χ4n) is 1.83. The van der Waals surface area contributed by atoms with Crippen LogP contribution in [0.1, 0.15) is 29.6 Å². The zero-order chi connectivity index (χ0) is 12.5. The highest BCUT2D eigenvalue weighted by Crippen LogP contribution is 2.30. The molecule has 1 aliphatic carbocycles. The van der Waals surface area contributed by atoms with E-state index < -0.39 is 23.1 Å². The molecule has 0 bridgehead atoms. The van der Waals surface area contributed by atoms with Crippen molar-refractivity contribution in [2.75, 3.05) is 6.54 Å². The molecule has 0 aliphatic heterocycles. The van der Waals surface area contributed by atoms with Crippen LogP contribution in [0, 0.1) is 5.82 Å². The summed E-state index contributed by atoms with van der Waals surface area (Å²) in [6.45, 7) is 0.0829. The third-order valence-corrected chi connectivity index (χ3v) is 3.08. The van der Waals surface area contributed by atoms with E-state index in [2.05, 4.69) is 5.32 Å². The molecule has 1 amide bonds. The van der Waals surface area contributed by atoms with Crippen molar-refractivity contribution in [3.8, 4) is 5.75 Å². The van der Waals surface area contributed by atoms with E-state index >= 15 is 0 Å². The molecule has 2 rings (SSSR count). The van der Waals surface area contributed by atoms with Gasteiger partial charge in [-0.1, -0.05) is 6.07 Å². The molecule has 0 radical (unpaired) electrons. The monoisotopic (exact) mass is 239 g/mol. The molecule has 92 valence electrons. The Hall–Kier alpha value is -1.62. The summed E-state index contributed by atoms with van der Waals surface area (Å²) in [5.74, 6) is -1.88. The second kappa shape index (κ2) is 4.33. The molecule has 1 saturated carbocycles. The quantitative estimate of drug-likeness (QED) is 0.741. The first-order valence-electron chi connectivity index (χ1n) is 5.50. The maximum Gasteiger partial charge on any atom is 0.258 e. The van der Waals surface area contributed by atoms with Crippen molar-refractivity contribution in [3.63, 3.8) is 0 Å². The van der Waals surface area contributed by atoms with E-state index in [1.165, 1.54) is 12.1 Å². The van der Waals surface area contributed by atoms with Gasteiger partial charge in [-0.15, -0.1) is 0 Å². The molecule has 0 spiro atoms. The molecule has 4 nitrogen and oxygen atoms in total. The normalized spacial score (nSPS) is 17.3. The van der Waals surface area contributed by atoms with Crippen LogP contribution in [0.2, 0.25) is 0 Å². The lowest BCUT2D eigenvalue weighted by atomic mass is 9.80. The molecule has 0 atom stereocenters. The van der Waals surface area contributed by atoms with Crippen LogP contribution in [-0.2, 0) is 0 Å². The highest BCUT2D eigenvalue weighted by atomic mass is 19.1. The average Bonchev–Trinajstić information content (AvgIpc) is 2.23. The minimum atomic E-state index is -0.865. The van der Waals surface area contributed by atoms with Crippen molar-refractivity contribution in [1.29, 1.82) is 0 Å². The summed E-state index contributed by atoms with van der Waals surface area (Å²) < 4.78 is 13.3. The van der Waals surface area contributed by atoms with Crippen molar-refractivity contribution in [3.05, 3.63) is 29.6 Å². The van der Waals surface area contributed by atoms with E-state index in [0.717, 1.165) is 12.5 Å². The van der Waals surface area contributed by atoms with E-state index in [-0.39, 0.29) is 12.1 Å². The largest absolute Gasteiger partial charge is 0.507 e. The Balaban J connectivity index is 2.04. The van der Waals surface area contributed by atoms with Crippen LogP contribution in [0.25, 0.3) is 0 Å². The number of carbonyl (C=O) groups excluding carboxylic acids is 1. The molecule has 0 unspecified atom stereocenters. The Morgan fingerprint density at radius 2 is 2.18 bits per heavy atom. The molecule has 1 aromatic carbocycles. The maximum absolute atomic E-state index is 13.3. The van der Waals surface area contributed by atoms with Gasteiger partial charge in [0.05, 0.1) is 5.60 Å². The fourth-order valence-corrected chi connectivity index (χ4v) is 1.83. The first kappa shape index (κ1) is 11.9. The lowest BCUT2D eigenvalue weighted by Crippen LogP contribution is -2.47. The van der Waals surface area contributed by atoms with E-state index in [0.29, 0.717) is 12.8 Å². The Bertz CT molecular complexity index is 423. The maximum atomic E-state index is 13.3. The van der Waals surface area contributed by atoms with Gasteiger partial charge in [-0.2, -0.15) is 0 Å². The molecule has 1 fully saturated rings. The van der Waals surface area contributed by atoms with Gasteiger partial charge in [0, 0.05) is 6.54 Å². The molecule has 17 heavy (non-hydrogen) atoms. The van der Waals surface area contributed by atoms with Gasteiger partial charge in [-0.25, -0.2) is 4.39 Å². The van der Waals surface area contributed by atoms with Crippen molar-refractivity contribution in [1.82, 2.24) is 5.32 Å². The van der Waals surface area contributed by atoms with Gasteiger partial charge in [0.2, 0.25) is 0 Å². The van der Waals surface area contributed by atoms with Crippen LogP contribution in [0.5, 0.6) is 5.75 Å². The average molecular weight is 239 g/mol. The first-order chi connectivity index (χ1) is 8.02. The van der Waals surface area contributed by atoms with Crippen molar-refractivity contribution in [2.24, 2.45) is 0 Å². The van der Waals surface area contributed by atoms with Crippen molar-refractivity contribution >= 4 is 5.91 Å². The Kier molecular flexibility index (Phi) is 3.02. The summed E-state index contributed by atoms with van der Waals surface area (Å²) in [6, 6.07) is 3.67. The number of nitrogens with one attached hydrogen (secondary N) is 1. The van der Waals surface area contributed by atoms with Gasteiger partial charge in [0.1, 0.15) is 17.1 Å². The van der Waals surface area contributed by atoms with E-state index in [1.807, 2.05) is 0 Å². The lowest BCUT2D eigenvalue weighted by molar-refractivity contribution is -0.0301. The lowest BCUT2D eigenvalue weighted by Gasteiger charge is -2.36. The summed E-state index contributed by atoms with van der Waals surface area (Å²) in [7, 11) is 0. The van der Waals surface area contributed by atoms with Crippen LogP contribution < -0.4 is 5.32 Å². The van der Waals surface area contributed by atoms with Gasteiger partial charge in [0.25, 0.3) is 5.91 Å². The Labute approximate surface area is 98.1 Å². The number of phenols is 1. The van der Waals surface area contributed by atoms with Crippen molar-refractivity contribution in [2.45, 2.75) is 24.9 Å². The van der Waals surface area contributed by atoms with Gasteiger partial charge in [0.15, 0.2) is 0 Å². The van der Waals surface area contributed by atoms with E-state index in [1.54, 1.807) is 0 Å². The molecule has 0 aromatic heterocycles. The second-order valence-corrected chi connectivity index (χ2v) is 4.39. The minimum absolute atomic E-state index is 0.0829. The van der Waals surface area contributed by atoms with Crippen LogP contribution >= 0.6 is 0 Å². The number of amides is 1. The Morgan fingerprint density at radius 1 is 1.47 bits per heavy atom. The fraction of sp³-hybridized carbons (Fsp3) is 0.417. The van der Waals surface area contributed by atoms with E-state index in [4.69, 9.17) is 0 Å². The SMILES string of the molecule is O=C(NCC1(O)CCC1)c1c(O)cccc1F. The number of aliphatic hydroxyl groups is 1. The predicted molar refractivity (Wildman–Crippen MR) is 59.2 cm³/mol. The highest BCUT2D eigenvalue weighted by Gasteiger charge is 2.34. The summed E-state index contributed by atoms with van der Waals surface area (Å²) in [4.78, 5) is 11.7. The van der Waals surface area contributed by atoms with Crippen LogP contribution in [-0.4, -0.2) is 28.3 Å². The van der Waals surface area contributed by atoms with Gasteiger partial charge < -0.3 is 15.5 Å². The summed E-state index contributed by atoms with van der Waals surface area (Å²) in [5.41, 5.74) is -1.24. The molecule has 1 aliphatic rings. The predicted octanol–water partition coefficient (Wildman–Crippen LogP) is 1.18. The summed E-state index contributed by atoms with van der Waals surface area (Å²) in [6.07, 6.45) is 2.20. The minimum Gasteiger partial charge on any atom is -0.507 e. The van der Waals surface area contributed by atoms with E-state index in [9.17, 15) is 19.4 Å². The third-order valence-electron chi connectivity index (χ3n) is 3.08. The molecular formula is C12H14FNO3. The zero-order valence-corrected chi connectivity index (χ0v) is 9.24. The van der Waals surface area contributed by atoms with Crippen LogP contribution in [0.3, 0.4) is 0 Å². The standard InChI is InChI=1S/C12H14FNO3/c13-8-3-1-4-9(15)10(8)11(16)14-7-12(17)5-2-6-12/h1,3-4,15,17H,2,5-7H2,(H,14,16). The molecule has 5 heteroatoms. The summed E-state index contributed by atoms with van der Waals surface area (Å²) in [5, 5.41) is 21.6. The number of aromatic hydroxyl groups is 1. The smallest absolute Gasteiger partial charge is 0.258 e. The Morgan fingerprint density at radius 3 is 2.71 bits per heavy atom. The third kappa shape index (κ3) is 2.39.